The third-order valence-electron chi connectivity index (χ3n) is 5.32. The quantitative estimate of drug-likeness (QED) is 0.417. The van der Waals surface area contributed by atoms with Crippen molar-refractivity contribution in [2.24, 2.45) is 11.7 Å². The molecule has 10 nitrogen and oxygen atoms in total. The highest BCUT2D eigenvalue weighted by Gasteiger charge is 2.40. The second-order valence-electron chi connectivity index (χ2n) is 8.61. The van der Waals surface area contributed by atoms with Crippen LogP contribution < -0.4 is 11.1 Å². The van der Waals surface area contributed by atoms with Crippen molar-refractivity contribution in [2.45, 2.75) is 52.1 Å². The second kappa shape index (κ2) is 14.5. The van der Waals surface area contributed by atoms with Crippen LogP contribution in [-0.4, -0.2) is 76.2 Å². The average molecular weight is 489 g/mol. The number of primary amides is 1. The predicted molar refractivity (Wildman–Crippen MR) is 131 cm³/mol. The van der Waals surface area contributed by atoms with Gasteiger partial charge in [-0.15, -0.1) is 0 Å². The molecule has 0 spiro atoms. The fourth-order valence-electron chi connectivity index (χ4n) is 3.58. The van der Waals surface area contributed by atoms with E-state index in [0.29, 0.717) is 12.8 Å². The van der Waals surface area contributed by atoms with Crippen LogP contribution in [0.4, 0.5) is 0 Å². The zero-order chi connectivity index (χ0) is 26.5. The van der Waals surface area contributed by atoms with E-state index in [0.717, 1.165) is 11.6 Å². The van der Waals surface area contributed by atoms with Crippen LogP contribution in [-0.2, 0) is 30.4 Å². The summed E-state index contributed by atoms with van der Waals surface area (Å²) in [5.74, 6) is -2.41. The number of nitrogens with one attached hydrogen (secondary N) is 1. The smallest absolute Gasteiger partial charge is 0.323 e. The molecule has 1 unspecified atom stereocenters. The lowest BCUT2D eigenvalue weighted by Crippen LogP contribution is -2.63. The SMILES string of the molecule is C=CC(=O)NC(CC(C)C)C(=O)N1CCN(CC(=O)O)C(=O)[C@@H]1Cc1ccccc1.CCC(N)=O. The molecule has 1 aromatic rings. The minimum atomic E-state index is -1.10. The van der Waals surface area contributed by atoms with Crippen LogP contribution in [0.1, 0.15) is 39.2 Å². The first kappa shape index (κ1) is 29.3. The number of carboxylic acid groups (broad SMARTS) is 1. The van der Waals surface area contributed by atoms with Gasteiger partial charge in [-0.25, -0.2) is 0 Å². The average Bonchev–Trinajstić information content (AvgIpc) is 2.81. The Morgan fingerprint density at radius 2 is 1.80 bits per heavy atom. The first-order chi connectivity index (χ1) is 16.5. The monoisotopic (exact) mass is 488 g/mol. The summed E-state index contributed by atoms with van der Waals surface area (Å²) in [5, 5.41) is 11.8. The fraction of sp³-hybridized carbons (Fsp3) is 0.480. The number of nitrogens with zero attached hydrogens (tertiary/aromatic N) is 2. The molecule has 0 bridgehead atoms. The number of piperazine rings is 1. The maximum Gasteiger partial charge on any atom is 0.323 e. The molecule has 1 aromatic carbocycles. The first-order valence-electron chi connectivity index (χ1n) is 11.6. The number of carbonyl (C=O) groups is 5. The van der Waals surface area contributed by atoms with Crippen molar-refractivity contribution < 1.29 is 29.1 Å². The third-order valence-corrected chi connectivity index (χ3v) is 5.32. The highest BCUT2D eigenvalue weighted by molar-refractivity contribution is 5.95. The summed E-state index contributed by atoms with van der Waals surface area (Å²) < 4.78 is 0. The summed E-state index contributed by atoms with van der Waals surface area (Å²) in [4.78, 5) is 61.8. The molecule has 0 saturated carbocycles. The van der Waals surface area contributed by atoms with Gasteiger partial charge in [0, 0.05) is 25.9 Å². The fourth-order valence-corrected chi connectivity index (χ4v) is 3.58. The van der Waals surface area contributed by atoms with Gasteiger partial charge >= 0.3 is 5.97 Å². The van der Waals surface area contributed by atoms with Crippen LogP contribution in [0.3, 0.4) is 0 Å². The van der Waals surface area contributed by atoms with Crippen LogP contribution in [0, 0.1) is 5.92 Å². The molecule has 192 valence electrons. The van der Waals surface area contributed by atoms with Crippen LogP contribution in [0.5, 0.6) is 0 Å². The summed E-state index contributed by atoms with van der Waals surface area (Å²) in [6.45, 7) is 8.97. The largest absolute Gasteiger partial charge is 0.480 e. The lowest BCUT2D eigenvalue weighted by atomic mass is 9.97. The molecule has 10 heteroatoms. The Labute approximate surface area is 206 Å². The number of rotatable bonds is 10. The minimum absolute atomic E-state index is 0.131. The molecule has 1 fully saturated rings. The number of aliphatic carboxylic acids is 1. The van der Waals surface area contributed by atoms with Gasteiger partial charge in [-0.1, -0.05) is 57.7 Å². The van der Waals surface area contributed by atoms with Crippen LogP contribution >= 0.6 is 0 Å². The van der Waals surface area contributed by atoms with E-state index in [1.165, 1.54) is 9.80 Å². The lowest BCUT2D eigenvalue weighted by molar-refractivity contribution is -0.156. The number of nitrogens with two attached hydrogens (primary N) is 1. The maximum atomic E-state index is 13.4. The Kier molecular flexibility index (Phi) is 12.2. The zero-order valence-electron chi connectivity index (χ0n) is 20.6. The number of benzene rings is 1. The second-order valence-corrected chi connectivity index (χ2v) is 8.61. The molecule has 1 aliphatic heterocycles. The number of hydrogen-bond acceptors (Lipinski definition) is 5. The van der Waals surface area contributed by atoms with Gasteiger partial charge in [0.25, 0.3) is 0 Å². The number of amides is 4. The van der Waals surface area contributed by atoms with Crippen molar-refractivity contribution >= 4 is 29.6 Å². The Bertz CT molecular complexity index is 902. The van der Waals surface area contributed by atoms with E-state index in [4.69, 9.17) is 5.11 Å². The lowest BCUT2D eigenvalue weighted by Gasteiger charge is -2.41. The van der Waals surface area contributed by atoms with E-state index in [1.54, 1.807) is 6.92 Å². The van der Waals surface area contributed by atoms with Gasteiger partial charge in [-0.3, -0.25) is 24.0 Å². The Morgan fingerprint density at radius 3 is 2.29 bits per heavy atom. The van der Waals surface area contributed by atoms with E-state index in [9.17, 15) is 24.0 Å². The Morgan fingerprint density at radius 1 is 1.20 bits per heavy atom. The number of carboxylic acids is 1. The van der Waals surface area contributed by atoms with E-state index >= 15 is 0 Å². The van der Waals surface area contributed by atoms with Crippen molar-refractivity contribution in [3.8, 4) is 0 Å². The molecule has 1 heterocycles. The van der Waals surface area contributed by atoms with Gasteiger partial charge in [0.1, 0.15) is 18.6 Å². The van der Waals surface area contributed by atoms with Crippen molar-refractivity contribution in [2.75, 3.05) is 19.6 Å². The molecular formula is C25H36N4O6. The molecule has 1 saturated heterocycles. The third kappa shape index (κ3) is 9.99. The minimum Gasteiger partial charge on any atom is -0.480 e. The van der Waals surface area contributed by atoms with Gasteiger partial charge in [0.15, 0.2) is 0 Å². The summed E-state index contributed by atoms with van der Waals surface area (Å²) >= 11 is 0. The Hall–Kier alpha value is -3.69. The molecule has 0 aromatic heterocycles. The van der Waals surface area contributed by atoms with Crippen molar-refractivity contribution in [3.63, 3.8) is 0 Å². The molecule has 0 radical (unpaired) electrons. The highest BCUT2D eigenvalue weighted by atomic mass is 16.4. The van der Waals surface area contributed by atoms with Gasteiger partial charge in [0.2, 0.25) is 23.6 Å². The molecule has 1 aliphatic rings. The van der Waals surface area contributed by atoms with Crippen LogP contribution in [0.15, 0.2) is 43.0 Å². The van der Waals surface area contributed by atoms with Gasteiger partial charge in [-0.2, -0.15) is 0 Å². The van der Waals surface area contributed by atoms with Crippen molar-refractivity contribution in [3.05, 3.63) is 48.6 Å². The molecule has 4 N–H and O–H groups in total. The first-order valence-corrected chi connectivity index (χ1v) is 11.6. The van der Waals surface area contributed by atoms with E-state index in [1.807, 2.05) is 44.2 Å². The number of carbonyl (C=O) groups excluding carboxylic acids is 4. The summed E-state index contributed by atoms with van der Waals surface area (Å²) in [6.07, 6.45) is 2.24. The molecule has 35 heavy (non-hydrogen) atoms. The van der Waals surface area contributed by atoms with E-state index in [-0.39, 0.29) is 37.2 Å². The molecular weight excluding hydrogens is 452 g/mol. The van der Waals surface area contributed by atoms with Gasteiger partial charge in [0.05, 0.1) is 0 Å². The summed E-state index contributed by atoms with van der Waals surface area (Å²) in [7, 11) is 0. The molecule has 0 aliphatic carbocycles. The maximum absolute atomic E-state index is 13.4. The van der Waals surface area contributed by atoms with Gasteiger partial charge < -0.3 is 26.0 Å². The number of hydrogen-bond donors (Lipinski definition) is 3. The molecule has 2 rings (SSSR count). The van der Waals surface area contributed by atoms with Gasteiger partial charge in [-0.05, 0) is 24.0 Å². The highest BCUT2D eigenvalue weighted by Crippen LogP contribution is 2.19. The zero-order valence-corrected chi connectivity index (χ0v) is 20.6. The summed E-state index contributed by atoms with van der Waals surface area (Å²) in [5.41, 5.74) is 5.52. The van der Waals surface area contributed by atoms with E-state index < -0.39 is 36.4 Å². The topological polar surface area (TPSA) is 150 Å². The van der Waals surface area contributed by atoms with Crippen LogP contribution in [0.25, 0.3) is 0 Å². The van der Waals surface area contributed by atoms with Crippen molar-refractivity contribution in [1.29, 1.82) is 0 Å². The van der Waals surface area contributed by atoms with Crippen LogP contribution in [0.2, 0.25) is 0 Å². The summed E-state index contributed by atoms with van der Waals surface area (Å²) in [6, 6.07) is 7.64. The predicted octanol–water partition coefficient (Wildman–Crippen LogP) is 0.952. The normalized spacial score (nSPS) is 16.1. The van der Waals surface area contributed by atoms with E-state index in [2.05, 4.69) is 17.6 Å². The van der Waals surface area contributed by atoms with Crippen molar-refractivity contribution in [1.82, 2.24) is 15.1 Å². The molecule has 2 atom stereocenters. The standard InChI is InChI=1S/C22H29N3O5.C3H7NO/c1-4-19(26)23-17(12-15(2)3)21(29)25-11-10-24(14-20(27)28)22(30)18(25)13-16-8-6-5-7-9-16;1-2-3(4)5/h4-9,15,17-18H,1,10-14H2,2-3H3,(H,23,26)(H,27,28);2H2,1H3,(H2,4,5)/t17?,18-;/m0./s1. The Balaban J connectivity index is 0.00000111. The molecule has 4 amide bonds.